The molecular weight excluding hydrogens is 1000 g/mol. The second kappa shape index (κ2) is 22.2. The summed E-state index contributed by atoms with van der Waals surface area (Å²) in [6, 6.07) is 20.6. The molecule has 2 aromatic carbocycles. The predicted octanol–water partition coefficient (Wildman–Crippen LogP) is 5.96. The predicted molar refractivity (Wildman–Crippen MR) is 233 cm³/mol. The van der Waals surface area contributed by atoms with E-state index >= 15 is 0 Å². The van der Waals surface area contributed by atoms with Gasteiger partial charge in [0, 0.05) is 64.2 Å². The molecule has 2 fully saturated rings. The topological polar surface area (TPSA) is 203 Å². The largest absolute Gasteiger partial charge is 0.465 e. The number of ether oxygens (including phenoxy) is 2. The minimum absolute atomic E-state index is 0.0424. The van der Waals surface area contributed by atoms with Crippen molar-refractivity contribution in [3.05, 3.63) is 117 Å². The molecule has 4 heterocycles. The van der Waals surface area contributed by atoms with Gasteiger partial charge in [0.15, 0.2) is 19.7 Å². The van der Waals surface area contributed by atoms with E-state index in [1.54, 1.807) is 53.4 Å². The summed E-state index contributed by atoms with van der Waals surface area (Å²) < 4.78 is 56.9. The first kappa shape index (κ1) is 47.2. The number of hydrogen-bond acceptors (Lipinski definition) is 12. The number of rotatable bonds is 7. The fourth-order valence-electron chi connectivity index (χ4n) is 5.28. The average Bonchev–Trinajstić information content (AvgIpc) is 3.24. The molecule has 1 N–H and O–H groups in total. The van der Waals surface area contributed by atoms with Crippen LogP contribution in [0.2, 0.25) is 0 Å². The van der Waals surface area contributed by atoms with E-state index in [9.17, 15) is 36.0 Å². The number of sulfone groups is 2. The monoisotopic (exact) mass is 1040 g/mol. The van der Waals surface area contributed by atoms with Crippen molar-refractivity contribution >= 4 is 103 Å². The number of pyridine rings is 2. The quantitative estimate of drug-likeness (QED) is 0.168. The zero-order chi connectivity index (χ0) is 43.2. The summed E-state index contributed by atoms with van der Waals surface area (Å²) in [4.78, 5) is 60.4. The SMILES string of the molecule is COC(=O)c1ccc(CBr)nc1.COC(=O)c1ccc(CN(C(=O)N2CCS(=O)(=O)CC2)c2ccc(Br)cc2)nc1.O=C(Nc1ccc(Br)cc1)N1CCS(=O)(=O)CC1. The van der Waals surface area contributed by atoms with Crippen LogP contribution in [-0.2, 0) is 41.0 Å². The first-order valence-electron chi connectivity index (χ1n) is 17.7. The molecule has 2 aliphatic heterocycles. The summed E-state index contributed by atoms with van der Waals surface area (Å²) in [5.41, 5.74) is 3.62. The van der Waals surface area contributed by atoms with Crippen LogP contribution in [0, 0.1) is 0 Å². The van der Waals surface area contributed by atoms with Gasteiger partial charge in [0.25, 0.3) is 0 Å². The Kier molecular flexibility index (Phi) is 17.8. The number of esters is 2. The number of carbonyl (C=O) groups is 4. The Hall–Kier alpha value is -4.44. The van der Waals surface area contributed by atoms with Gasteiger partial charge in [0.2, 0.25) is 0 Å². The van der Waals surface area contributed by atoms with E-state index in [4.69, 9.17) is 0 Å². The van der Waals surface area contributed by atoms with Crippen LogP contribution in [0.1, 0.15) is 32.1 Å². The highest BCUT2D eigenvalue weighted by Gasteiger charge is 2.29. The third kappa shape index (κ3) is 15.0. The Morgan fingerprint density at radius 1 is 0.661 bits per heavy atom. The molecule has 2 aromatic heterocycles. The van der Waals surface area contributed by atoms with E-state index in [0.717, 1.165) is 14.6 Å². The lowest BCUT2D eigenvalue weighted by Crippen LogP contribution is -2.49. The molecule has 4 aromatic rings. The highest BCUT2D eigenvalue weighted by molar-refractivity contribution is 9.10. The minimum Gasteiger partial charge on any atom is -0.465 e. The van der Waals surface area contributed by atoms with Gasteiger partial charge in [-0.05, 0) is 72.8 Å². The van der Waals surface area contributed by atoms with Crippen LogP contribution in [0.3, 0.4) is 0 Å². The highest BCUT2D eigenvalue weighted by atomic mass is 79.9. The smallest absolute Gasteiger partial charge is 0.339 e. The number of alkyl halides is 1. The molecule has 0 bridgehead atoms. The third-order valence-electron chi connectivity index (χ3n) is 8.66. The van der Waals surface area contributed by atoms with Crippen LogP contribution in [0.4, 0.5) is 21.0 Å². The lowest BCUT2D eigenvalue weighted by Gasteiger charge is -2.33. The van der Waals surface area contributed by atoms with Crippen molar-refractivity contribution in [2.45, 2.75) is 11.9 Å². The maximum atomic E-state index is 13.2. The molecule has 16 nitrogen and oxygen atoms in total. The van der Waals surface area contributed by atoms with Crippen molar-refractivity contribution in [3.8, 4) is 0 Å². The van der Waals surface area contributed by atoms with Gasteiger partial charge in [0.05, 0.1) is 66.3 Å². The fraction of sp³-hybridized carbons (Fsp3) is 0.316. The van der Waals surface area contributed by atoms with Gasteiger partial charge in [0.1, 0.15) is 0 Å². The normalized spacial score (nSPS) is 15.2. The van der Waals surface area contributed by atoms with Gasteiger partial charge in [-0.3, -0.25) is 14.9 Å². The highest BCUT2D eigenvalue weighted by Crippen LogP contribution is 2.23. The molecule has 4 amide bonds. The molecule has 0 aliphatic carbocycles. The first-order valence-corrected chi connectivity index (χ1v) is 24.0. The van der Waals surface area contributed by atoms with Crippen LogP contribution in [0.5, 0.6) is 0 Å². The summed E-state index contributed by atoms with van der Waals surface area (Å²) in [5.74, 6) is -0.845. The van der Waals surface area contributed by atoms with Gasteiger partial charge in [-0.25, -0.2) is 36.0 Å². The van der Waals surface area contributed by atoms with E-state index < -0.39 is 25.6 Å². The summed E-state index contributed by atoms with van der Waals surface area (Å²) in [7, 11) is -3.41. The number of aromatic nitrogens is 2. The standard InChI is InChI=1S/C19H20BrN3O5S.C11H13BrN2O3S.C8H8BrNO2/c1-28-18(24)14-2-5-16(21-12-14)13-23(17-6-3-15(20)4-7-17)19(25)22-8-10-29(26,27)11-9-22;12-9-1-3-10(4-2-9)13-11(15)14-5-7-18(16,17)8-6-14;1-12-8(11)6-2-3-7(4-9)10-5-6/h2-7,12H,8-11,13H2,1H3;1-4H,5-8H2,(H,13,15);2-3,5H,4H2,1H3. The van der Waals surface area contributed by atoms with Crippen LogP contribution in [-0.4, -0.2) is 124 Å². The number of nitrogens with zero attached hydrogens (tertiary/aromatic N) is 5. The number of methoxy groups -OCH3 is 2. The van der Waals surface area contributed by atoms with Gasteiger partial charge in [-0.15, -0.1) is 0 Å². The molecule has 2 aliphatic rings. The summed E-state index contributed by atoms with van der Waals surface area (Å²) >= 11 is 9.95. The van der Waals surface area contributed by atoms with Gasteiger partial charge < -0.3 is 24.6 Å². The van der Waals surface area contributed by atoms with Crippen LogP contribution in [0.15, 0.2) is 94.1 Å². The van der Waals surface area contributed by atoms with E-state index in [1.807, 2.05) is 24.3 Å². The third-order valence-corrected chi connectivity index (χ3v) is 13.5. The number of hydrogen-bond donors (Lipinski definition) is 1. The molecule has 2 saturated heterocycles. The maximum absolute atomic E-state index is 13.2. The number of benzene rings is 2. The molecule has 0 atom stereocenters. The van der Waals surface area contributed by atoms with Crippen molar-refractivity contribution in [2.75, 3.05) is 73.6 Å². The molecule has 0 spiro atoms. The zero-order valence-electron chi connectivity index (χ0n) is 31.9. The molecule has 0 unspecified atom stereocenters. The molecule has 6 rings (SSSR count). The zero-order valence-corrected chi connectivity index (χ0v) is 38.3. The maximum Gasteiger partial charge on any atom is 0.339 e. The van der Waals surface area contributed by atoms with Crippen LogP contribution in [0.25, 0.3) is 0 Å². The summed E-state index contributed by atoms with van der Waals surface area (Å²) in [6.07, 6.45) is 2.90. The molecule has 21 heteroatoms. The van der Waals surface area contributed by atoms with E-state index in [2.05, 4.69) is 72.5 Å². The molecule has 0 radical (unpaired) electrons. The Bertz CT molecular complexity index is 2260. The second-order valence-corrected chi connectivity index (χ2v) is 19.8. The minimum atomic E-state index is -3.09. The summed E-state index contributed by atoms with van der Waals surface area (Å²) in [6.45, 7) is 0.992. The molecule has 316 valence electrons. The molecule has 0 saturated carbocycles. The lowest BCUT2D eigenvalue weighted by atomic mass is 10.2. The van der Waals surface area contributed by atoms with E-state index in [0.29, 0.717) is 33.5 Å². The lowest BCUT2D eigenvalue weighted by molar-refractivity contribution is 0.0591. The number of carbonyl (C=O) groups excluding carboxylic acids is 4. The fourth-order valence-corrected chi connectivity index (χ4v) is 8.54. The number of halogens is 3. The van der Waals surface area contributed by atoms with Crippen molar-refractivity contribution in [3.63, 3.8) is 0 Å². The Labute approximate surface area is 367 Å². The first-order chi connectivity index (χ1) is 28.0. The van der Waals surface area contributed by atoms with Crippen LogP contribution < -0.4 is 10.2 Å². The average molecular weight is 1050 g/mol. The van der Waals surface area contributed by atoms with E-state index in [-0.39, 0.29) is 73.8 Å². The Morgan fingerprint density at radius 2 is 1.10 bits per heavy atom. The van der Waals surface area contributed by atoms with Gasteiger partial charge in [-0.2, -0.15) is 0 Å². The number of nitrogens with one attached hydrogen (secondary N) is 1. The van der Waals surface area contributed by atoms with Crippen molar-refractivity contribution in [2.24, 2.45) is 0 Å². The number of anilines is 2. The van der Waals surface area contributed by atoms with Crippen molar-refractivity contribution in [1.29, 1.82) is 0 Å². The number of urea groups is 2. The Balaban J connectivity index is 0.000000217. The van der Waals surface area contributed by atoms with Crippen LogP contribution >= 0.6 is 47.8 Å². The van der Waals surface area contributed by atoms with Gasteiger partial charge in [-0.1, -0.05) is 47.8 Å². The van der Waals surface area contributed by atoms with Crippen molar-refractivity contribution in [1.82, 2.24) is 19.8 Å². The Morgan fingerprint density at radius 3 is 1.53 bits per heavy atom. The second-order valence-electron chi connectivity index (χ2n) is 12.8. The molecular formula is C38H41Br3N6O10S2. The molecule has 59 heavy (non-hydrogen) atoms. The summed E-state index contributed by atoms with van der Waals surface area (Å²) in [5, 5.41) is 3.43. The number of amides is 4. The van der Waals surface area contributed by atoms with Crippen molar-refractivity contribution < 1.29 is 45.5 Å². The van der Waals surface area contributed by atoms with Gasteiger partial charge >= 0.3 is 24.0 Å². The van der Waals surface area contributed by atoms with E-state index in [1.165, 1.54) is 36.4 Å².